The molecule has 1 aliphatic rings. The van der Waals surface area contributed by atoms with Crippen LogP contribution in [-0.2, 0) is 4.79 Å². The number of nitrogens with zero attached hydrogens (tertiary/aromatic N) is 1. The van der Waals surface area contributed by atoms with E-state index in [1.165, 1.54) is 0 Å². The predicted molar refractivity (Wildman–Crippen MR) is 48.6 cm³/mol. The Morgan fingerprint density at radius 1 is 1.29 bits per heavy atom. The van der Waals surface area contributed by atoms with Gasteiger partial charge in [-0.3, -0.25) is 4.79 Å². The Bertz CT molecular complexity index is 243. The maximum atomic E-state index is 12.2. The van der Waals surface area contributed by atoms with E-state index in [0.717, 1.165) is 4.90 Å². The van der Waals surface area contributed by atoms with E-state index >= 15 is 0 Å². The molecule has 1 aliphatic heterocycles. The molecule has 1 rings (SSSR count). The summed E-state index contributed by atoms with van der Waals surface area (Å²) in [5, 5.41) is 0. The first-order chi connectivity index (χ1) is 6.24. The van der Waals surface area contributed by atoms with Crippen molar-refractivity contribution in [2.75, 3.05) is 6.44 Å². The Morgan fingerprint density at radius 2 is 1.79 bits per heavy atom. The molecule has 14 heavy (non-hydrogen) atoms. The van der Waals surface area contributed by atoms with Gasteiger partial charge in [-0.15, -0.1) is 0 Å². The summed E-state index contributed by atoms with van der Waals surface area (Å²) in [7, 11) is 0. The van der Waals surface area contributed by atoms with E-state index in [1.807, 2.05) is 6.92 Å². The molecule has 1 fully saturated rings. The van der Waals surface area contributed by atoms with Crippen molar-refractivity contribution in [3.8, 4) is 0 Å². The van der Waals surface area contributed by atoms with Crippen LogP contribution >= 0.6 is 0 Å². The van der Waals surface area contributed by atoms with Crippen LogP contribution in [-0.4, -0.2) is 30.3 Å². The van der Waals surface area contributed by atoms with Crippen molar-refractivity contribution in [1.82, 2.24) is 4.90 Å². The first-order valence-corrected chi connectivity index (χ1v) is 4.75. The molecule has 0 radical (unpaired) electrons. The molecule has 0 N–H and O–H groups in total. The van der Waals surface area contributed by atoms with Crippen molar-refractivity contribution >= 4 is 12.9 Å². The van der Waals surface area contributed by atoms with E-state index in [1.54, 1.807) is 13.8 Å². The molecule has 0 aromatic rings. The molecule has 2 nitrogen and oxygen atoms in total. The van der Waals surface area contributed by atoms with Gasteiger partial charge in [0.2, 0.25) is 5.91 Å². The maximum Gasteiger partial charge on any atom is 0.497 e. The second-order valence-corrected chi connectivity index (χ2v) is 4.09. The number of carbonyl (C=O) groups excluding carboxylic acids is 1. The van der Waals surface area contributed by atoms with Crippen LogP contribution in [0.4, 0.5) is 12.9 Å². The first-order valence-electron chi connectivity index (χ1n) is 4.75. The van der Waals surface area contributed by atoms with Crippen LogP contribution in [0.2, 0.25) is 0 Å². The zero-order valence-corrected chi connectivity index (χ0v) is 8.51. The van der Waals surface area contributed by atoms with Gasteiger partial charge in [-0.1, -0.05) is 13.8 Å². The zero-order chi connectivity index (χ0) is 11.1. The van der Waals surface area contributed by atoms with Gasteiger partial charge in [0.15, 0.2) is 0 Å². The van der Waals surface area contributed by atoms with Crippen LogP contribution in [0.1, 0.15) is 20.8 Å². The molecule has 0 spiro atoms. The summed E-state index contributed by atoms with van der Waals surface area (Å²) in [6.45, 7) is 0.267. The summed E-state index contributed by atoms with van der Waals surface area (Å²) in [4.78, 5) is 12.4. The number of carbonyl (C=O) groups is 1. The first kappa shape index (κ1) is 11.4. The van der Waals surface area contributed by atoms with Gasteiger partial charge in [-0.05, 0) is 19.3 Å². The van der Waals surface area contributed by atoms with Gasteiger partial charge in [-0.25, -0.2) is 0 Å². The van der Waals surface area contributed by atoms with Crippen LogP contribution in [0, 0.1) is 11.8 Å². The van der Waals surface area contributed by atoms with Crippen LogP contribution in [0.25, 0.3) is 0 Å². The molecule has 1 heterocycles. The second kappa shape index (κ2) is 3.48. The molecular formula is C8H14BF3NO-. The number of hydrogen-bond acceptors (Lipinski definition) is 1. The fourth-order valence-corrected chi connectivity index (χ4v) is 1.87. The van der Waals surface area contributed by atoms with Gasteiger partial charge in [0, 0.05) is 12.0 Å². The van der Waals surface area contributed by atoms with Crippen molar-refractivity contribution in [2.24, 2.45) is 11.8 Å². The second-order valence-electron chi connectivity index (χ2n) is 4.09. The fraction of sp³-hybridized carbons (Fsp3) is 0.875. The lowest BCUT2D eigenvalue weighted by molar-refractivity contribution is -0.131. The smallest absolute Gasteiger partial charge is 0.448 e. The van der Waals surface area contributed by atoms with Crippen molar-refractivity contribution < 1.29 is 17.7 Å². The number of hydrogen-bond donors (Lipinski definition) is 0. The van der Waals surface area contributed by atoms with Crippen molar-refractivity contribution in [2.45, 2.75) is 26.8 Å². The SMILES string of the molecule is CC1C(=O)N(C[B-](F)(F)F)C(C)C1C. The van der Waals surface area contributed by atoms with E-state index < -0.39 is 13.4 Å². The highest BCUT2D eigenvalue weighted by atomic mass is 19.4. The van der Waals surface area contributed by atoms with Gasteiger partial charge < -0.3 is 17.8 Å². The summed E-state index contributed by atoms with van der Waals surface area (Å²) in [5.41, 5.74) is 0. The highest BCUT2D eigenvalue weighted by molar-refractivity contribution is 6.58. The third kappa shape index (κ3) is 2.04. The maximum absolute atomic E-state index is 12.2. The van der Waals surface area contributed by atoms with Crippen molar-refractivity contribution in [3.05, 3.63) is 0 Å². The average Bonchev–Trinajstić information content (AvgIpc) is 2.20. The summed E-state index contributed by atoms with van der Waals surface area (Å²) >= 11 is 0. The van der Waals surface area contributed by atoms with E-state index in [2.05, 4.69) is 0 Å². The van der Waals surface area contributed by atoms with Crippen molar-refractivity contribution in [1.29, 1.82) is 0 Å². The summed E-state index contributed by atoms with van der Waals surface area (Å²) in [5.74, 6) is -0.659. The van der Waals surface area contributed by atoms with E-state index in [9.17, 15) is 17.7 Å². The molecule has 0 aromatic carbocycles. The molecule has 1 saturated heterocycles. The number of likely N-dealkylation sites (tertiary alicyclic amines) is 1. The minimum atomic E-state index is -4.91. The fourth-order valence-electron chi connectivity index (χ4n) is 1.87. The van der Waals surface area contributed by atoms with Crippen LogP contribution in [0.15, 0.2) is 0 Å². The molecule has 3 unspecified atom stereocenters. The van der Waals surface area contributed by atoms with E-state index in [0.29, 0.717) is 0 Å². The Kier molecular flexibility index (Phi) is 2.83. The summed E-state index contributed by atoms with van der Waals surface area (Å²) < 4.78 is 36.5. The zero-order valence-electron chi connectivity index (χ0n) is 8.51. The van der Waals surface area contributed by atoms with Crippen LogP contribution in [0.5, 0.6) is 0 Å². The number of rotatable bonds is 2. The molecule has 3 atom stereocenters. The lowest BCUT2D eigenvalue weighted by Gasteiger charge is -2.28. The Balaban J connectivity index is 2.75. The lowest BCUT2D eigenvalue weighted by Crippen LogP contribution is -2.43. The molecule has 0 saturated carbocycles. The quantitative estimate of drug-likeness (QED) is 0.634. The molecule has 0 bridgehead atoms. The monoisotopic (exact) mass is 208 g/mol. The van der Waals surface area contributed by atoms with Gasteiger partial charge in [0.05, 0.1) is 0 Å². The third-order valence-electron chi connectivity index (χ3n) is 3.12. The topological polar surface area (TPSA) is 20.3 Å². The standard InChI is InChI=1S/C8H14BF3NO/c1-5-6(2)8(14)13(7(5)3)4-9(10,11)12/h5-7H,4H2,1-3H3/q-1. The van der Waals surface area contributed by atoms with Crippen LogP contribution < -0.4 is 0 Å². The normalized spacial score (nSPS) is 34.0. The Labute approximate surface area is 81.5 Å². The molecular weight excluding hydrogens is 194 g/mol. The van der Waals surface area contributed by atoms with E-state index in [-0.39, 0.29) is 23.8 Å². The Hall–Kier alpha value is -0.675. The third-order valence-corrected chi connectivity index (χ3v) is 3.12. The minimum Gasteiger partial charge on any atom is -0.448 e. The molecule has 0 aromatic heterocycles. The molecule has 1 amide bonds. The molecule has 82 valence electrons. The summed E-state index contributed by atoms with van der Waals surface area (Å²) in [6, 6.07) is -0.305. The highest BCUT2D eigenvalue weighted by Crippen LogP contribution is 2.31. The molecule has 6 heteroatoms. The predicted octanol–water partition coefficient (Wildman–Crippen LogP) is 1.88. The van der Waals surface area contributed by atoms with E-state index in [4.69, 9.17) is 0 Å². The van der Waals surface area contributed by atoms with Crippen molar-refractivity contribution in [3.63, 3.8) is 0 Å². The van der Waals surface area contributed by atoms with Gasteiger partial charge in [0.1, 0.15) is 0 Å². The van der Waals surface area contributed by atoms with Gasteiger partial charge in [-0.2, -0.15) is 0 Å². The van der Waals surface area contributed by atoms with Gasteiger partial charge >= 0.3 is 6.98 Å². The average molecular weight is 208 g/mol. The number of amides is 1. The lowest BCUT2D eigenvalue weighted by atomic mass is 9.90. The highest BCUT2D eigenvalue weighted by Gasteiger charge is 2.43. The Morgan fingerprint density at radius 3 is 2.07 bits per heavy atom. The molecule has 0 aliphatic carbocycles. The number of halogens is 3. The largest absolute Gasteiger partial charge is 0.497 e. The van der Waals surface area contributed by atoms with Gasteiger partial charge in [0.25, 0.3) is 0 Å². The minimum absolute atomic E-state index is 0.000602. The van der Waals surface area contributed by atoms with Crippen LogP contribution in [0.3, 0.4) is 0 Å². The summed E-state index contributed by atoms with van der Waals surface area (Å²) in [6.07, 6.45) is -1.06.